The molecule has 2 aromatic rings. The van der Waals surface area contributed by atoms with E-state index in [-0.39, 0.29) is 11.6 Å². The SMILES string of the molecule is CCCC1NCCn2c(-c3cc[nH]c(=O)c3)nnc21. The summed E-state index contributed by atoms with van der Waals surface area (Å²) < 4.78 is 2.12. The molecule has 0 aromatic carbocycles. The first kappa shape index (κ1) is 12.1. The van der Waals surface area contributed by atoms with E-state index in [0.29, 0.717) is 0 Å². The Morgan fingerprint density at radius 3 is 3.16 bits per heavy atom. The molecule has 0 radical (unpaired) electrons. The molecule has 1 atom stereocenters. The number of fused-ring (bicyclic) bond motifs is 1. The van der Waals surface area contributed by atoms with E-state index in [1.807, 2.05) is 6.07 Å². The molecule has 0 bridgehead atoms. The second-order valence-electron chi connectivity index (χ2n) is 4.77. The van der Waals surface area contributed by atoms with Crippen LogP contribution in [0.15, 0.2) is 23.1 Å². The monoisotopic (exact) mass is 259 g/mol. The Labute approximate surface area is 110 Å². The molecule has 19 heavy (non-hydrogen) atoms. The van der Waals surface area contributed by atoms with Gasteiger partial charge in [0.1, 0.15) is 0 Å². The van der Waals surface area contributed by atoms with E-state index in [1.54, 1.807) is 12.3 Å². The molecule has 0 spiro atoms. The van der Waals surface area contributed by atoms with Crippen molar-refractivity contribution < 1.29 is 0 Å². The number of aromatic amines is 1. The Hall–Kier alpha value is -1.95. The maximum atomic E-state index is 11.4. The highest BCUT2D eigenvalue weighted by Gasteiger charge is 2.24. The largest absolute Gasteiger partial charge is 0.329 e. The number of nitrogens with one attached hydrogen (secondary N) is 2. The molecule has 100 valence electrons. The molecule has 2 aromatic heterocycles. The van der Waals surface area contributed by atoms with Gasteiger partial charge in [-0.15, -0.1) is 10.2 Å². The summed E-state index contributed by atoms with van der Waals surface area (Å²) >= 11 is 0. The van der Waals surface area contributed by atoms with Crippen LogP contribution < -0.4 is 10.9 Å². The number of hydrogen-bond acceptors (Lipinski definition) is 4. The van der Waals surface area contributed by atoms with Gasteiger partial charge in [0, 0.05) is 30.9 Å². The van der Waals surface area contributed by atoms with E-state index in [0.717, 1.165) is 43.1 Å². The molecule has 1 aliphatic heterocycles. The van der Waals surface area contributed by atoms with Crippen LogP contribution in [0.1, 0.15) is 31.6 Å². The highest BCUT2D eigenvalue weighted by Crippen LogP contribution is 2.25. The lowest BCUT2D eigenvalue weighted by molar-refractivity contribution is 0.394. The Morgan fingerprint density at radius 1 is 1.47 bits per heavy atom. The third-order valence-corrected chi connectivity index (χ3v) is 3.43. The van der Waals surface area contributed by atoms with Crippen molar-refractivity contribution in [1.82, 2.24) is 25.1 Å². The highest BCUT2D eigenvalue weighted by molar-refractivity contribution is 5.54. The first-order chi connectivity index (χ1) is 9.29. The summed E-state index contributed by atoms with van der Waals surface area (Å²) in [5.41, 5.74) is 0.702. The zero-order valence-electron chi connectivity index (χ0n) is 10.9. The molecule has 6 heteroatoms. The van der Waals surface area contributed by atoms with Gasteiger partial charge in [-0.3, -0.25) is 4.79 Å². The minimum absolute atomic E-state index is 0.117. The van der Waals surface area contributed by atoms with E-state index in [4.69, 9.17) is 0 Å². The molecule has 0 fully saturated rings. The van der Waals surface area contributed by atoms with Crippen molar-refractivity contribution in [3.05, 3.63) is 34.5 Å². The predicted octanol–water partition coefficient (Wildman–Crippen LogP) is 1.08. The van der Waals surface area contributed by atoms with E-state index < -0.39 is 0 Å². The third kappa shape index (κ3) is 2.19. The van der Waals surface area contributed by atoms with Crippen LogP contribution in [0.3, 0.4) is 0 Å². The summed E-state index contributed by atoms with van der Waals surface area (Å²) in [5.74, 6) is 1.76. The van der Waals surface area contributed by atoms with Crippen molar-refractivity contribution >= 4 is 0 Å². The normalized spacial score (nSPS) is 18.3. The Kier molecular flexibility index (Phi) is 3.16. The summed E-state index contributed by atoms with van der Waals surface area (Å²) in [7, 11) is 0. The Balaban J connectivity index is 2.03. The maximum Gasteiger partial charge on any atom is 0.248 e. The summed E-state index contributed by atoms with van der Waals surface area (Å²) in [6, 6.07) is 3.69. The van der Waals surface area contributed by atoms with Gasteiger partial charge < -0.3 is 14.9 Å². The Bertz CT molecular complexity index is 630. The fraction of sp³-hybridized carbons (Fsp3) is 0.462. The number of rotatable bonds is 3. The van der Waals surface area contributed by atoms with Crippen LogP contribution in [0.4, 0.5) is 0 Å². The molecule has 0 aliphatic carbocycles. The van der Waals surface area contributed by atoms with Crippen molar-refractivity contribution in [2.75, 3.05) is 6.54 Å². The molecular weight excluding hydrogens is 242 g/mol. The van der Waals surface area contributed by atoms with Crippen LogP contribution in [0.2, 0.25) is 0 Å². The van der Waals surface area contributed by atoms with Gasteiger partial charge in [0.25, 0.3) is 0 Å². The fourth-order valence-corrected chi connectivity index (χ4v) is 2.55. The van der Waals surface area contributed by atoms with Gasteiger partial charge in [0.15, 0.2) is 11.6 Å². The van der Waals surface area contributed by atoms with Crippen LogP contribution >= 0.6 is 0 Å². The zero-order valence-corrected chi connectivity index (χ0v) is 10.9. The third-order valence-electron chi connectivity index (χ3n) is 3.43. The second kappa shape index (κ2) is 4.97. The lowest BCUT2D eigenvalue weighted by atomic mass is 10.1. The zero-order chi connectivity index (χ0) is 13.2. The molecule has 1 aliphatic rings. The van der Waals surface area contributed by atoms with E-state index in [1.165, 1.54) is 0 Å². The topological polar surface area (TPSA) is 75.6 Å². The van der Waals surface area contributed by atoms with Crippen LogP contribution in [-0.4, -0.2) is 26.3 Å². The molecule has 6 nitrogen and oxygen atoms in total. The molecule has 1 unspecified atom stereocenters. The number of aromatic nitrogens is 4. The molecule has 0 saturated heterocycles. The molecular formula is C13H17N5O. The number of H-pyrrole nitrogens is 1. The first-order valence-corrected chi connectivity index (χ1v) is 6.65. The van der Waals surface area contributed by atoms with E-state index in [9.17, 15) is 4.79 Å². The van der Waals surface area contributed by atoms with Gasteiger partial charge in [0.05, 0.1) is 6.04 Å². The van der Waals surface area contributed by atoms with Crippen LogP contribution in [0.5, 0.6) is 0 Å². The second-order valence-corrected chi connectivity index (χ2v) is 4.77. The molecule has 3 heterocycles. The van der Waals surface area contributed by atoms with Gasteiger partial charge in [-0.05, 0) is 12.5 Å². The number of hydrogen-bond donors (Lipinski definition) is 2. The standard InChI is InChI=1S/C13H17N5O/c1-2-3-10-13-17-16-12(18(13)7-6-14-10)9-4-5-15-11(19)8-9/h4-5,8,10,14H,2-3,6-7H2,1H3,(H,15,19). The van der Waals surface area contributed by atoms with Crippen LogP contribution in [-0.2, 0) is 6.54 Å². The molecule has 2 N–H and O–H groups in total. The van der Waals surface area contributed by atoms with Gasteiger partial charge >= 0.3 is 0 Å². The van der Waals surface area contributed by atoms with E-state index >= 15 is 0 Å². The van der Waals surface area contributed by atoms with Crippen LogP contribution in [0, 0.1) is 0 Å². The molecule has 0 saturated carbocycles. The minimum Gasteiger partial charge on any atom is -0.329 e. The lowest BCUT2D eigenvalue weighted by Crippen LogP contribution is -2.33. The maximum absolute atomic E-state index is 11.4. The average molecular weight is 259 g/mol. The van der Waals surface area contributed by atoms with E-state index in [2.05, 4.69) is 32.0 Å². The summed E-state index contributed by atoms with van der Waals surface area (Å²) in [5, 5.41) is 12.0. The number of pyridine rings is 1. The first-order valence-electron chi connectivity index (χ1n) is 6.65. The molecule has 0 amide bonds. The van der Waals surface area contributed by atoms with Crippen molar-refractivity contribution in [1.29, 1.82) is 0 Å². The van der Waals surface area contributed by atoms with Crippen LogP contribution in [0.25, 0.3) is 11.4 Å². The van der Waals surface area contributed by atoms with Gasteiger partial charge in [-0.25, -0.2) is 0 Å². The average Bonchev–Trinajstić information content (AvgIpc) is 2.84. The van der Waals surface area contributed by atoms with Crippen molar-refractivity contribution in [2.45, 2.75) is 32.4 Å². The van der Waals surface area contributed by atoms with Gasteiger partial charge in [-0.1, -0.05) is 13.3 Å². The fourth-order valence-electron chi connectivity index (χ4n) is 2.55. The summed E-state index contributed by atoms with van der Waals surface area (Å²) in [4.78, 5) is 14.0. The quantitative estimate of drug-likeness (QED) is 0.864. The van der Waals surface area contributed by atoms with Gasteiger partial charge in [0.2, 0.25) is 5.56 Å². The minimum atomic E-state index is -0.117. The van der Waals surface area contributed by atoms with Gasteiger partial charge in [-0.2, -0.15) is 0 Å². The number of nitrogens with zero attached hydrogens (tertiary/aromatic N) is 3. The molecule has 3 rings (SSSR count). The van der Waals surface area contributed by atoms with Crippen molar-refractivity contribution in [2.24, 2.45) is 0 Å². The predicted molar refractivity (Wildman–Crippen MR) is 71.7 cm³/mol. The summed E-state index contributed by atoms with van der Waals surface area (Å²) in [6.45, 7) is 3.91. The lowest BCUT2D eigenvalue weighted by Gasteiger charge is -2.24. The highest BCUT2D eigenvalue weighted by atomic mass is 16.1. The van der Waals surface area contributed by atoms with Crippen molar-refractivity contribution in [3.8, 4) is 11.4 Å². The summed E-state index contributed by atoms with van der Waals surface area (Å²) in [6.07, 6.45) is 3.79. The smallest absolute Gasteiger partial charge is 0.248 e. The van der Waals surface area contributed by atoms with Crippen molar-refractivity contribution in [3.63, 3.8) is 0 Å². The Morgan fingerprint density at radius 2 is 2.37 bits per heavy atom.